The predicted molar refractivity (Wildman–Crippen MR) is 118 cm³/mol. The Hall–Kier alpha value is -2.69. The molecule has 1 N–H and O–H groups in total. The summed E-state index contributed by atoms with van der Waals surface area (Å²) in [5.74, 6) is 1.10. The van der Waals surface area contributed by atoms with Crippen molar-refractivity contribution in [3.8, 4) is 11.5 Å². The number of carbonyl (C=O) groups excluding carboxylic acids is 1. The maximum Gasteiger partial charge on any atom is 0.255 e. The Bertz CT molecular complexity index is 1050. The van der Waals surface area contributed by atoms with Crippen molar-refractivity contribution in [3.63, 3.8) is 0 Å². The molecule has 0 unspecified atom stereocenters. The van der Waals surface area contributed by atoms with Gasteiger partial charge in [0.25, 0.3) is 5.91 Å². The van der Waals surface area contributed by atoms with Crippen molar-refractivity contribution >= 4 is 34.8 Å². The number of halogens is 2. The van der Waals surface area contributed by atoms with Crippen LogP contribution < -0.4 is 14.8 Å². The molecule has 6 heteroatoms. The molecule has 0 aromatic heterocycles. The van der Waals surface area contributed by atoms with Gasteiger partial charge in [0.15, 0.2) is 0 Å². The largest absolute Gasteiger partial charge is 0.496 e. The Balaban J connectivity index is 1.79. The van der Waals surface area contributed by atoms with Crippen LogP contribution in [-0.2, 0) is 6.61 Å². The molecule has 0 heterocycles. The first-order chi connectivity index (χ1) is 13.9. The molecule has 29 heavy (non-hydrogen) atoms. The third-order valence-corrected chi connectivity index (χ3v) is 5.42. The Labute approximate surface area is 180 Å². The Kier molecular flexibility index (Phi) is 6.68. The van der Waals surface area contributed by atoms with Crippen molar-refractivity contribution in [2.24, 2.45) is 0 Å². The maximum absolute atomic E-state index is 12.7. The lowest BCUT2D eigenvalue weighted by Crippen LogP contribution is -2.13. The first kappa shape index (κ1) is 21.0. The summed E-state index contributed by atoms with van der Waals surface area (Å²) in [6, 6.07) is 16.1. The first-order valence-electron chi connectivity index (χ1n) is 9.01. The summed E-state index contributed by atoms with van der Waals surface area (Å²) in [6.07, 6.45) is 0. The highest BCUT2D eigenvalue weighted by Gasteiger charge is 2.13. The van der Waals surface area contributed by atoms with Gasteiger partial charge in [0.2, 0.25) is 0 Å². The molecule has 3 aromatic rings. The van der Waals surface area contributed by atoms with E-state index >= 15 is 0 Å². The molecule has 0 bridgehead atoms. The van der Waals surface area contributed by atoms with Crippen molar-refractivity contribution in [1.29, 1.82) is 0 Å². The average molecular weight is 430 g/mol. The van der Waals surface area contributed by atoms with E-state index in [0.29, 0.717) is 32.8 Å². The summed E-state index contributed by atoms with van der Waals surface area (Å²) < 4.78 is 11.3. The van der Waals surface area contributed by atoms with E-state index < -0.39 is 0 Å². The van der Waals surface area contributed by atoms with Gasteiger partial charge in [-0.3, -0.25) is 4.79 Å². The lowest BCUT2D eigenvalue weighted by Gasteiger charge is -2.14. The number of hydrogen-bond acceptors (Lipinski definition) is 3. The van der Waals surface area contributed by atoms with Crippen LogP contribution in [0.4, 0.5) is 5.69 Å². The highest BCUT2D eigenvalue weighted by atomic mass is 35.5. The molecule has 0 saturated carbocycles. The van der Waals surface area contributed by atoms with Gasteiger partial charge in [-0.05, 0) is 73.5 Å². The SMILES string of the molecule is COc1ccc(C(=O)Nc2cccc(Cl)c2C)cc1COc1ccc(Cl)c(C)c1. The van der Waals surface area contributed by atoms with Crippen LogP contribution in [0.2, 0.25) is 10.0 Å². The monoisotopic (exact) mass is 429 g/mol. The second-order valence-corrected chi connectivity index (χ2v) is 7.41. The molecule has 3 rings (SSSR count). The summed E-state index contributed by atoms with van der Waals surface area (Å²) in [6.45, 7) is 4.03. The zero-order valence-electron chi connectivity index (χ0n) is 16.4. The molecule has 0 radical (unpaired) electrons. The molecule has 0 atom stereocenters. The highest BCUT2D eigenvalue weighted by molar-refractivity contribution is 6.32. The van der Waals surface area contributed by atoms with Gasteiger partial charge in [-0.15, -0.1) is 0 Å². The molecule has 1 amide bonds. The number of ether oxygens (including phenoxy) is 2. The van der Waals surface area contributed by atoms with Gasteiger partial charge in [0.05, 0.1) is 7.11 Å². The van der Waals surface area contributed by atoms with Crippen LogP contribution in [-0.4, -0.2) is 13.0 Å². The lowest BCUT2D eigenvalue weighted by atomic mass is 10.1. The smallest absolute Gasteiger partial charge is 0.255 e. The Morgan fingerprint density at radius 2 is 1.79 bits per heavy atom. The van der Waals surface area contributed by atoms with Gasteiger partial charge in [0, 0.05) is 26.9 Å². The maximum atomic E-state index is 12.7. The summed E-state index contributed by atoms with van der Waals surface area (Å²) in [5.41, 5.74) is 3.68. The number of rotatable bonds is 6. The fourth-order valence-electron chi connectivity index (χ4n) is 2.84. The molecule has 0 aliphatic carbocycles. The molecule has 3 aromatic carbocycles. The number of amides is 1. The van der Waals surface area contributed by atoms with Crippen LogP contribution in [0.15, 0.2) is 54.6 Å². The van der Waals surface area contributed by atoms with Gasteiger partial charge in [-0.1, -0.05) is 29.3 Å². The number of benzene rings is 3. The standard InChI is InChI=1S/C23H21Cl2NO3/c1-14-11-18(8-9-19(14)24)29-13-17-12-16(7-10-22(17)28-3)23(27)26-21-6-4-5-20(25)15(21)2/h4-12H,13H2,1-3H3,(H,26,27). The Morgan fingerprint density at radius 1 is 1.00 bits per heavy atom. The second kappa shape index (κ2) is 9.21. The topological polar surface area (TPSA) is 47.6 Å². The fraction of sp³-hybridized carbons (Fsp3) is 0.174. The van der Waals surface area contributed by atoms with Crippen LogP contribution in [0.25, 0.3) is 0 Å². The van der Waals surface area contributed by atoms with Crippen LogP contribution in [0.1, 0.15) is 27.0 Å². The van der Waals surface area contributed by atoms with Crippen molar-refractivity contribution < 1.29 is 14.3 Å². The molecular weight excluding hydrogens is 409 g/mol. The molecular formula is C23H21Cl2NO3. The molecule has 0 fully saturated rings. The number of nitrogens with one attached hydrogen (secondary N) is 1. The summed E-state index contributed by atoms with van der Waals surface area (Å²) in [7, 11) is 1.58. The van der Waals surface area contributed by atoms with Gasteiger partial charge in [0.1, 0.15) is 18.1 Å². The number of methoxy groups -OCH3 is 1. The molecule has 0 aliphatic rings. The van der Waals surface area contributed by atoms with E-state index in [1.807, 2.05) is 26.0 Å². The number of hydrogen-bond donors (Lipinski definition) is 1. The molecule has 0 aliphatic heterocycles. The average Bonchev–Trinajstić information content (AvgIpc) is 2.72. The van der Waals surface area contributed by atoms with E-state index in [9.17, 15) is 4.79 Å². The van der Waals surface area contributed by atoms with Crippen molar-refractivity contribution in [2.45, 2.75) is 20.5 Å². The molecule has 150 valence electrons. The number of carbonyl (C=O) groups is 1. The van der Waals surface area contributed by atoms with E-state index in [-0.39, 0.29) is 12.5 Å². The van der Waals surface area contributed by atoms with E-state index in [1.54, 1.807) is 49.6 Å². The van der Waals surface area contributed by atoms with Gasteiger partial charge >= 0.3 is 0 Å². The van der Waals surface area contributed by atoms with Crippen LogP contribution in [0.5, 0.6) is 11.5 Å². The number of aryl methyl sites for hydroxylation is 1. The summed E-state index contributed by atoms with van der Waals surface area (Å²) >= 11 is 12.2. The normalized spacial score (nSPS) is 10.5. The number of anilines is 1. The van der Waals surface area contributed by atoms with E-state index in [4.69, 9.17) is 32.7 Å². The van der Waals surface area contributed by atoms with Crippen molar-refractivity contribution in [3.05, 3.63) is 86.9 Å². The molecule has 0 saturated heterocycles. The quantitative estimate of drug-likeness (QED) is 0.489. The van der Waals surface area contributed by atoms with Crippen molar-refractivity contribution in [1.82, 2.24) is 0 Å². The fourth-order valence-corrected chi connectivity index (χ4v) is 3.13. The van der Waals surface area contributed by atoms with Gasteiger partial charge in [-0.25, -0.2) is 0 Å². The van der Waals surface area contributed by atoms with E-state index in [0.717, 1.165) is 16.7 Å². The Morgan fingerprint density at radius 3 is 2.52 bits per heavy atom. The van der Waals surface area contributed by atoms with Crippen LogP contribution in [0, 0.1) is 13.8 Å². The van der Waals surface area contributed by atoms with Gasteiger partial charge < -0.3 is 14.8 Å². The summed E-state index contributed by atoms with van der Waals surface area (Å²) in [5, 5.41) is 4.19. The van der Waals surface area contributed by atoms with Gasteiger partial charge in [-0.2, -0.15) is 0 Å². The third kappa shape index (κ3) is 5.03. The van der Waals surface area contributed by atoms with E-state index in [1.165, 1.54) is 0 Å². The predicted octanol–water partition coefficient (Wildman–Crippen LogP) is 6.45. The minimum atomic E-state index is -0.235. The minimum absolute atomic E-state index is 0.235. The first-order valence-corrected chi connectivity index (χ1v) is 9.77. The minimum Gasteiger partial charge on any atom is -0.496 e. The third-order valence-electron chi connectivity index (χ3n) is 4.58. The zero-order chi connectivity index (χ0) is 21.0. The van der Waals surface area contributed by atoms with Crippen LogP contribution >= 0.6 is 23.2 Å². The molecule has 0 spiro atoms. The van der Waals surface area contributed by atoms with E-state index in [2.05, 4.69) is 5.32 Å². The highest BCUT2D eigenvalue weighted by Crippen LogP contribution is 2.27. The zero-order valence-corrected chi connectivity index (χ0v) is 17.9. The van der Waals surface area contributed by atoms with Crippen molar-refractivity contribution in [2.75, 3.05) is 12.4 Å². The van der Waals surface area contributed by atoms with Crippen LogP contribution in [0.3, 0.4) is 0 Å². The lowest BCUT2D eigenvalue weighted by molar-refractivity contribution is 0.102. The summed E-state index contributed by atoms with van der Waals surface area (Å²) in [4.78, 5) is 12.7. The molecule has 4 nitrogen and oxygen atoms in total. The second-order valence-electron chi connectivity index (χ2n) is 6.59.